The molecule has 0 amide bonds. The third kappa shape index (κ3) is 3.45. The van der Waals surface area contributed by atoms with E-state index in [0.29, 0.717) is 11.0 Å². The van der Waals surface area contributed by atoms with E-state index >= 15 is 0 Å². The average Bonchev–Trinajstić information content (AvgIpc) is 2.46. The third-order valence-electron chi connectivity index (χ3n) is 2.32. The molecule has 100 valence electrons. The van der Waals surface area contributed by atoms with Gasteiger partial charge in [-0.1, -0.05) is 29.8 Å². The SMILES string of the molecule is CNc1nc(OC)nc(OCc2ccccc2Cl)n1. The van der Waals surface area contributed by atoms with Crippen LogP contribution in [0.5, 0.6) is 12.0 Å². The topological polar surface area (TPSA) is 69.2 Å². The molecule has 1 aromatic heterocycles. The zero-order valence-corrected chi connectivity index (χ0v) is 11.3. The number of hydrogen-bond acceptors (Lipinski definition) is 6. The molecule has 0 aliphatic carbocycles. The lowest BCUT2D eigenvalue weighted by Gasteiger charge is -2.08. The van der Waals surface area contributed by atoms with Gasteiger partial charge in [0.25, 0.3) is 0 Å². The van der Waals surface area contributed by atoms with Crippen LogP contribution >= 0.6 is 11.6 Å². The lowest BCUT2D eigenvalue weighted by Crippen LogP contribution is -2.06. The van der Waals surface area contributed by atoms with Crippen LogP contribution in [0.3, 0.4) is 0 Å². The standard InChI is InChI=1S/C12H13ClN4O2/c1-14-10-15-11(18-2)17-12(16-10)19-7-8-5-3-4-6-9(8)13/h3-6H,7H2,1-2H3,(H,14,15,16,17). The summed E-state index contributed by atoms with van der Waals surface area (Å²) in [6.07, 6.45) is 0. The fraction of sp³-hybridized carbons (Fsp3) is 0.250. The Kier molecular flexibility index (Phi) is 4.35. The van der Waals surface area contributed by atoms with Crippen molar-refractivity contribution < 1.29 is 9.47 Å². The summed E-state index contributed by atoms with van der Waals surface area (Å²) in [5, 5.41) is 3.44. The fourth-order valence-corrected chi connectivity index (χ4v) is 1.55. The molecule has 1 aromatic carbocycles. The van der Waals surface area contributed by atoms with Crippen molar-refractivity contribution in [1.29, 1.82) is 0 Å². The van der Waals surface area contributed by atoms with Gasteiger partial charge in [0.1, 0.15) is 6.61 Å². The van der Waals surface area contributed by atoms with E-state index in [4.69, 9.17) is 21.1 Å². The predicted molar refractivity (Wildman–Crippen MR) is 71.7 cm³/mol. The second kappa shape index (κ2) is 6.19. The van der Waals surface area contributed by atoms with E-state index in [1.807, 2.05) is 18.2 Å². The Morgan fingerprint density at radius 2 is 1.89 bits per heavy atom. The van der Waals surface area contributed by atoms with Crippen LogP contribution in [-0.4, -0.2) is 29.1 Å². The molecular formula is C12H13ClN4O2. The molecule has 1 heterocycles. The van der Waals surface area contributed by atoms with Crippen molar-refractivity contribution in [3.05, 3.63) is 34.9 Å². The summed E-state index contributed by atoms with van der Waals surface area (Å²) in [5.74, 6) is 0.376. The van der Waals surface area contributed by atoms with Crippen molar-refractivity contribution in [1.82, 2.24) is 15.0 Å². The number of aromatic nitrogens is 3. The van der Waals surface area contributed by atoms with Crippen LogP contribution in [0.15, 0.2) is 24.3 Å². The molecule has 19 heavy (non-hydrogen) atoms. The van der Waals surface area contributed by atoms with Gasteiger partial charge >= 0.3 is 12.0 Å². The largest absolute Gasteiger partial charge is 0.467 e. The zero-order valence-electron chi connectivity index (χ0n) is 10.6. The van der Waals surface area contributed by atoms with Gasteiger partial charge in [-0.3, -0.25) is 0 Å². The Hall–Kier alpha value is -2.08. The highest BCUT2D eigenvalue weighted by Gasteiger charge is 2.08. The predicted octanol–water partition coefficient (Wildman–Crippen LogP) is 2.15. The summed E-state index contributed by atoms with van der Waals surface area (Å²) < 4.78 is 10.5. The number of nitrogens with zero attached hydrogens (tertiary/aromatic N) is 3. The fourth-order valence-electron chi connectivity index (χ4n) is 1.36. The molecule has 0 bridgehead atoms. The Balaban J connectivity index is 2.13. The van der Waals surface area contributed by atoms with Crippen LogP contribution in [0.2, 0.25) is 5.02 Å². The molecule has 7 heteroatoms. The second-order valence-corrected chi connectivity index (χ2v) is 3.97. The molecular weight excluding hydrogens is 268 g/mol. The van der Waals surface area contributed by atoms with Crippen LogP contribution in [0.4, 0.5) is 5.95 Å². The third-order valence-corrected chi connectivity index (χ3v) is 2.68. The van der Waals surface area contributed by atoms with E-state index in [1.165, 1.54) is 7.11 Å². The average molecular weight is 281 g/mol. The van der Waals surface area contributed by atoms with Gasteiger partial charge in [0, 0.05) is 17.6 Å². The molecule has 0 radical (unpaired) electrons. The molecule has 0 aliphatic rings. The van der Waals surface area contributed by atoms with Gasteiger partial charge < -0.3 is 14.8 Å². The van der Waals surface area contributed by atoms with E-state index in [-0.39, 0.29) is 18.6 Å². The lowest BCUT2D eigenvalue weighted by atomic mass is 10.2. The van der Waals surface area contributed by atoms with Crippen molar-refractivity contribution in [3.63, 3.8) is 0 Å². The number of rotatable bonds is 5. The van der Waals surface area contributed by atoms with Gasteiger partial charge in [0.2, 0.25) is 5.95 Å². The van der Waals surface area contributed by atoms with E-state index in [9.17, 15) is 0 Å². The quantitative estimate of drug-likeness (QED) is 0.905. The molecule has 1 N–H and O–H groups in total. The highest BCUT2D eigenvalue weighted by atomic mass is 35.5. The number of methoxy groups -OCH3 is 1. The van der Waals surface area contributed by atoms with Gasteiger partial charge in [-0.05, 0) is 6.07 Å². The lowest BCUT2D eigenvalue weighted by molar-refractivity contribution is 0.271. The first-order valence-corrected chi connectivity index (χ1v) is 5.94. The molecule has 0 aliphatic heterocycles. The molecule has 2 rings (SSSR count). The maximum absolute atomic E-state index is 6.04. The number of hydrogen-bond donors (Lipinski definition) is 1. The maximum Gasteiger partial charge on any atom is 0.324 e. The van der Waals surface area contributed by atoms with Crippen LogP contribution in [0, 0.1) is 0 Å². The first-order valence-electron chi connectivity index (χ1n) is 5.57. The molecule has 0 saturated heterocycles. The molecule has 0 spiro atoms. The summed E-state index contributed by atoms with van der Waals surface area (Å²) in [6.45, 7) is 0.274. The normalized spacial score (nSPS) is 10.1. The molecule has 0 atom stereocenters. The van der Waals surface area contributed by atoms with E-state index in [0.717, 1.165) is 5.56 Å². The van der Waals surface area contributed by atoms with Crippen molar-refractivity contribution in [2.75, 3.05) is 19.5 Å². The number of halogens is 1. The zero-order chi connectivity index (χ0) is 13.7. The highest BCUT2D eigenvalue weighted by molar-refractivity contribution is 6.31. The molecule has 6 nitrogen and oxygen atoms in total. The Morgan fingerprint density at radius 3 is 2.58 bits per heavy atom. The van der Waals surface area contributed by atoms with Crippen LogP contribution in [0.1, 0.15) is 5.56 Å². The summed E-state index contributed by atoms with van der Waals surface area (Å²) in [7, 11) is 3.18. The minimum Gasteiger partial charge on any atom is -0.467 e. The number of nitrogens with one attached hydrogen (secondary N) is 1. The molecule has 0 unspecified atom stereocenters. The number of benzene rings is 1. The van der Waals surface area contributed by atoms with Gasteiger partial charge in [-0.15, -0.1) is 4.98 Å². The summed E-state index contributed by atoms with van der Waals surface area (Å²) in [6, 6.07) is 7.78. The minimum atomic E-state index is 0.177. The summed E-state index contributed by atoms with van der Waals surface area (Å²) in [5.41, 5.74) is 0.856. The van der Waals surface area contributed by atoms with Gasteiger partial charge in [-0.2, -0.15) is 9.97 Å². The molecule has 2 aromatic rings. The smallest absolute Gasteiger partial charge is 0.324 e. The Morgan fingerprint density at radius 1 is 1.16 bits per heavy atom. The first kappa shape index (κ1) is 13.4. The maximum atomic E-state index is 6.04. The second-order valence-electron chi connectivity index (χ2n) is 3.56. The molecule has 0 fully saturated rings. The monoisotopic (exact) mass is 280 g/mol. The van der Waals surface area contributed by atoms with Crippen LogP contribution < -0.4 is 14.8 Å². The van der Waals surface area contributed by atoms with Gasteiger partial charge in [0.15, 0.2) is 0 Å². The Bertz CT molecular complexity index is 543. The summed E-state index contributed by atoms with van der Waals surface area (Å²) >= 11 is 6.04. The van der Waals surface area contributed by atoms with E-state index in [2.05, 4.69) is 20.3 Å². The van der Waals surface area contributed by atoms with Crippen molar-refractivity contribution in [3.8, 4) is 12.0 Å². The van der Waals surface area contributed by atoms with Gasteiger partial charge in [0.05, 0.1) is 7.11 Å². The highest BCUT2D eigenvalue weighted by Crippen LogP contribution is 2.18. The van der Waals surface area contributed by atoms with E-state index < -0.39 is 0 Å². The Labute approximate surface area is 115 Å². The minimum absolute atomic E-state index is 0.177. The number of ether oxygens (including phenoxy) is 2. The van der Waals surface area contributed by atoms with Crippen molar-refractivity contribution in [2.24, 2.45) is 0 Å². The van der Waals surface area contributed by atoms with Gasteiger partial charge in [-0.25, -0.2) is 0 Å². The van der Waals surface area contributed by atoms with Crippen LogP contribution in [-0.2, 0) is 6.61 Å². The van der Waals surface area contributed by atoms with E-state index in [1.54, 1.807) is 13.1 Å². The van der Waals surface area contributed by atoms with Crippen molar-refractivity contribution >= 4 is 17.5 Å². The number of anilines is 1. The summed E-state index contributed by atoms with van der Waals surface area (Å²) in [4.78, 5) is 12.0. The van der Waals surface area contributed by atoms with Crippen LogP contribution in [0.25, 0.3) is 0 Å². The molecule has 0 saturated carbocycles. The first-order chi connectivity index (χ1) is 9.22. The van der Waals surface area contributed by atoms with Crippen molar-refractivity contribution in [2.45, 2.75) is 6.61 Å².